The van der Waals surface area contributed by atoms with Gasteiger partial charge in [0.05, 0.1) is 12.0 Å². The van der Waals surface area contributed by atoms with Crippen LogP contribution in [0.4, 0.5) is 4.39 Å². The molecule has 0 fully saturated rings. The van der Waals surface area contributed by atoms with Crippen LogP contribution in [0.2, 0.25) is 0 Å². The minimum absolute atomic E-state index is 0.00496. The fraction of sp³-hybridized carbons (Fsp3) is 0.606. The summed E-state index contributed by atoms with van der Waals surface area (Å²) >= 11 is 0. The number of rotatable bonds is 7. The third-order valence-corrected chi connectivity index (χ3v) is 4.70. The van der Waals surface area contributed by atoms with Crippen molar-refractivity contribution in [3.63, 3.8) is 0 Å². The first-order chi connectivity index (χ1) is 16.3. The van der Waals surface area contributed by atoms with Crippen molar-refractivity contribution < 1.29 is 4.39 Å². The summed E-state index contributed by atoms with van der Waals surface area (Å²) in [6, 6.07) is 9.14. The van der Waals surface area contributed by atoms with Crippen LogP contribution in [0.5, 0.6) is 0 Å². The molecule has 0 N–H and O–H groups in total. The van der Waals surface area contributed by atoms with Crippen LogP contribution in [-0.4, -0.2) is 0 Å². The molecule has 1 aromatic carbocycles. The molecule has 0 aromatic heterocycles. The summed E-state index contributed by atoms with van der Waals surface area (Å²) in [7, 11) is 0. The second kappa shape index (κ2) is 20.1. The van der Waals surface area contributed by atoms with E-state index in [-0.39, 0.29) is 22.6 Å². The Morgan fingerprint density at radius 3 is 1.74 bits per heavy atom. The standard InChI is InChI=1S/C26H36FN.C3H8.2C2H6/c1-9-20(18-28)16-19(2)10-15-24(26(6,7)8)23(17-25(3,4)5)21-11-13-22(27)14-12-21;1-3-2;2*1-2/h10-15,20H,2,9,16-17H2,1,3-8H3;3H2,1-2H3;2*1-2H3/b15-10+,24-23+;;;. The van der Waals surface area contributed by atoms with Crippen LogP contribution >= 0.6 is 0 Å². The molecule has 1 nitrogen and oxygen atoms in total. The molecule has 2 heteroatoms. The van der Waals surface area contributed by atoms with Crippen molar-refractivity contribution in [1.82, 2.24) is 0 Å². The minimum Gasteiger partial charge on any atom is -0.207 e. The molecule has 1 unspecified atom stereocenters. The Hall–Kier alpha value is -2.14. The number of halogens is 1. The number of nitrogens with zero attached hydrogens (tertiary/aromatic N) is 1. The first-order valence-electron chi connectivity index (χ1n) is 13.5. The average molecular weight is 486 g/mol. The van der Waals surface area contributed by atoms with Crippen LogP contribution in [-0.2, 0) is 0 Å². The maximum atomic E-state index is 13.5. The number of hydrogen-bond donors (Lipinski definition) is 0. The van der Waals surface area contributed by atoms with Crippen molar-refractivity contribution in [3.05, 3.63) is 65.5 Å². The minimum atomic E-state index is -0.220. The molecule has 0 aliphatic carbocycles. The van der Waals surface area contributed by atoms with E-state index in [1.54, 1.807) is 0 Å². The van der Waals surface area contributed by atoms with E-state index >= 15 is 0 Å². The molecule has 0 bridgehead atoms. The van der Waals surface area contributed by atoms with Gasteiger partial charge in [0, 0.05) is 0 Å². The van der Waals surface area contributed by atoms with E-state index in [2.05, 4.69) is 74.1 Å². The molecule has 0 radical (unpaired) electrons. The average Bonchev–Trinajstić information content (AvgIpc) is 2.79. The molecule has 0 saturated heterocycles. The topological polar surface area (TPSA) is 23.8 Å². The van der Waals surface area contributed by atoms with E-state index in [4.69, 9.17) is 0 Å². The molecular formula is C33H56FN. The molecule has 1 aromatic rings. The van der Waals surface area contributed by atoms with Crippen molar-refractivity contribution in [2.75, 3.05) is 0 Å². The maximum absolute atomic E-state index is 13.5. The summed E-state index contributed by atoms with van der Waals surface area (Å²) in [5.41, 5.74) is 4.49. The highest BCUT2D eigenvalue weighted by Gasteiger charge is 2.24. The van der Waals surface area contributed by atoms with Crippen LogP contribution in [0.25, 0.3) is 5.57 Å². The van der Waals surface area contributed by atoms with Gasteiger partial charge in [0.2, 0.25) is 0 Å². The fourth-order valence-electron chi connectivity index (χ4n) is 3.20. The Morgan fingerprint density at radius 2 is 1.40 bits per heavy atom. The van der Waals surface area contributed by atoms with E-state index < -0.39 is 0 Å². The molecule has 0 amide bonds. The van der Waals surface area contributed by atoms with Gasteiger partial charge in [-0.25, -0.2) is 4.39 Å². The molecule has 35 heavy (non-hydrogen) atoms. The van der Waals surface area contributed by atoms with Gasteiger partial charge in [-0.05, 0) is 58.9 Å². The smallest absolute Gasteiger partial charge is 0.123 e. The molecule has 1 atom stereocenters. The second-order valence-corrected chi connectivity index (χ2v) is 10.5. The van der Waals surface area contributed by atoms with Gasteiger partial charge in [0.15, 0.2) is 0 Å². The predicted octanol–water partition coefficient (Wildman–Crippen LogP) is 11.6. The van der Waals surface area contributed by atoms with Gasteiger partial charge in [-0.1, -0.05) is 133 Å². The highest BCUT2D eigenvalue weighted by molar-refractivity contribution is 5.72. The molecule has 0 aliphatic heterocycles. The van der Waals surface area contributed by atoms with E-state index in [1.807, 2.05) is 52.8 Å². The van der Waals surface area contributed by atoms with E-state index in [0.29, 0.717) is 6.42 Å². The quantitative estimate of drug-likeness (QED) is 0.352. The lowest BCUT2D eigenvalue weighted by molar-refractivity contribution is 0.422. The van der Waals surface area contributed by atoms with E-state index in [9.17, 15) is 9.65 Å². The lowest BCUT2D eigenvalue weighted by Crippen LogP contribution is -2.14. The Balaban J connectivity index is -0.00000132. The van der Waals surface area contributed by atoms with E-state index in [0.717, 1.165) is 24.0 Å². The van der Waals surface area contributed by atoms with Crippen molar-refractivity contribution >= 4 is 5.57 Å². The van der Waals surface area contributed by atoms with Crippen LogP contribution in [0.3, 0.4) is 0 Å². The highest BCUT2D eigenvalue weighted by atomic mass is 19.1. The summed E-state index contributed by atoms with van der Waals surface area (Å²) in [5, 5.41) is 9.21. The fourth-order valence-corrected chi connectivity index (χ4v) is 3.20. The van der Waals surface area contributed by atoms with Crippen LogP contribution in [0.15, 0.2) is 54.1 Å². The summed E-state index contributed by atoms with van der Waals surface area (Å²) in [4.78, 5) is 0. The van der Waals surface area contributed by atoms with Crippen LogP contribution in [0, 0.1) is 33.9 Å². The van der Waals surface area contributed by atoms with Crippen molar-refractivity contribution in [2.45, 2.75) is 116 Å². The second-order valence-electron chi connectivity index (χ2n) is 10.5. The SMILES string of the molecule is C=C(/C=C/C(=C(/CC(C)(C)C)c1ccc(F)cc1)C(C)(C)C)CC(C#N)CC.CC.CC.CCC. The van der Waals surface area contributed by atoms with Gasteiger partial charge in [-0.15, -0.1) is 0 Å². The van der Waals surface area contributed by atoms with Crippen molar-refractivity contribution in [2.24, 2.45) is 16.7 Å². The van der Waals surface area contributed by atoms with Gasteiger partial charge < -0.3 is 0 Å². The zero-order chi connectivity index (χ0) is 28.2. The highest BCUT2D eigenvalue weighted by Crippen LogP contribution is 2.40. The molecule has 0 spiro atoms. The number of hydrogen-bond acceptors (Lipinski definition) is 1. The number of nitriles is 1. The van der Waals surface area contributed by atoms with Crippen molar-refractivity contribution in [1.29, 1.82) is 5.26 Å². The van der Waals surface area contributed by atoms with Crippen molar-refractivity contribution in [3.8, 4) is 6.07 Å². The largest absolute Gasteiger partial charge is 0.207 e. The molecule has 0 aliphatic rings. The first-order valence-corrected chi connectivity index (χ1v) is 13.5. The summed E-state index contributed by atoms with van der Waals surface area (Å²) in [6.07, 6.45) is 7.85. The summed E-state index contributed by atoms with van der Waals surface area (Å²) in [6.45, 7) is 31.7. The number of allylic oxidation sites excluding steroid dienone is 5. The Bertz CT molecular complexity index is 774. The normalized spacial score (nSPS) is 12.5. The van der Waals surface area contributed by atoms with Gasteiger partial charge in [-0.3, -0.25) is 0 Å². The van der Waals surface area contributed by atoms with E-state index in [1.165, 1.54) is 29.7 Å². The van der Waals surface area contributed by atoms with Gasteiger partial charge in [-0.2, -0.15) is 5.26 Å². The maximum Gasteiger partial charge on any atom is 0.123 e. The summed E-state index contributed by atoms with van der Waals surface area (Å²) in [5.74, 6) is -0.215. The molecule has 0 heterocycles. The predicted molar refractivity (Wildman–Crippen MR) is 158 cm³/mol. The zero-order valence-electron chi connectivity index (χ0n) is 25.4. The molecule has 0 saturated carbocycles. The molecule has 1 rings (SSSR count). The molecule has 200 valence electrons. The summed E-state index contributed by atoms with van der Waals surface area (Å²) < 4.78 is 13.5. The van der Waals surface area contributed by atoms with Gasteiger partial charge in [0.25, 0.3) is 0 Å². The van der Waals surface area contributed by atoms with Crippen LogP contribution < -0.4 is 0 Å². The lowest BCUT2D eigenvalue weighted by Gasteiger charge is -2.29. The lowest BCUT2D eigenvalue weighted by atomic mass is 9.76. The van der Waals surface area contributed by atoms with Gasteiger partial charge >= 0.3 is 0 Å². The Labute approximate surface area is 219 Å². The third-order valence-electron chi connectivity index (χ3n) is 4.70. The third kappa shape index (κ3) is 17.9. The Kier molecular flexibility index (Phi) is 21.5. The zero-order valence-corrected chi connectivity index (χ0v) is 25.4. The first kappa shape index (κ1) is 37.4. The monoisotopic (exact) mass is 485 g/mol. The molecular weight excluding hydrogens is 429 g/mol. The Morgan fingerprint density at radius 1 is 0.943 bits per heavy atom. The number of benzene rings is 1. The van der Waals surface area contributed by atoms with Crippen LogP contribution in [0.1, 0.15) is 121 Å². The van der Waals surface area contributed by atoms with Gasteiger partial charge in [0.1, 0.15) is 5.82 Å².